The standard InChI is InChI=1S/C23H18N4O2S2/c1-29-20-10-6-5-9-17(20)19-14-30-22(24-19)26-21(28)11-16-13-31-23-25-18(12-27(16)23)15-7-3-2-4-8-15/h2-10,12-14H,11H2,1H3,(H,24,26,28). The number of nitrogens with zero attached hydrogens (tertiary/aromatic N) is 3. The highest BCUT2D eigenvalue weighted by molar-refractivity contribution is 7.15. The molecule has 0 saturated carbocycles. The second kappa shape index (κ2) is 8.33. The summed E-state index contributed by atoms with van der Waals surface area (Å²) >= 11 is 2.92. The molecule has 3 heterocycles. The number of methoxy groups -OCH3 is 1. The van der Waals surface area contributed by atoms with Crippen LogP contribution in [0, 0.1) is 0 Å². The first-order chi connectivity index (χ1) is 15.2. The van der Waals surface area contributed by atoms with Crippen LogP contribution in [0.2, 0.25) is 0 Å². The summed E-state index contributed by atoms with van der Waals surface area (Å²) in [6, 6.07) is 17.7. The molecule has 0 fully saturated rings. The lowest BCUT2D eigenvalue weighted by atomic mass is 10.1. The van der Waals surface area contributed by atoms with E-state index in [1.165, 1.54) is 22.7 Å². The van der Waals surface area contributed by atoms with E-state index in [0.717, 1.165) is 38.9 Å². The number of ether oxygens (including phenoxy) is 1. The van der Waals surface area contributed by atoms with Crippen molar-refractivity contribution >= 4 is 38.7 Å². The zero-order chi connectivity index (χ0) is 21.2. The van der Waals surface area contributed by atoms with E-state index in [1.807, 2.05) is 76.0 Å². The molecular formula is C23H18N4O2S2. The third kappa shape index (κ3) is 3.95. The van der Waals surface area contributed by atoms with Crippen LogP contribution < -0.4 is 10.1 Å². The van der Waals surface area contributed by atoms with Crippen LogP contribution in [0.5, 0.6) is 5.75 Å². The molecule has 0 bridgehead atoms. The molecule has 0 aliphatic heterocycles. The Morgan fingerprint density at radius 2 is 1.81 bits per heavy atom. The third-order valence-electron chi connectivity index (χ3n) is 4.83. The number of carbonyl (C=O) groups is 1. The average molecular weight is 447 g/mol. The Morgan fingerprint density at radius 3 is 2.65 bits per heavy atom. The number of hydrogen-bond acceptors (Lipinski definition) is 6. The molecule has 8 heteroatoms. The molecule has 0 aliphatic carbocycles. The molecule has 0 spiro atoms. The maximum atomic E-state index is 12.7. The highest BCUT2D eigenvalue weighted by Gasteiger charge is 2.15. The number of hydrogen-bond donors (Lipinski definition) is 1. The number of nitrogens with one attached hydrogen (secondary N) is 1. The molecule has 1 amide bonds. The lowest BCUT2D eigenvalue weighted by Crippen LogP contribution is -2.15. The molecule has 2 aromatic carbocycles. The summed E-state index contributed by atoms with van der Waals surface area (Å²) in [5, 5.41) is 7.36. The summed E-state index contributed by atoms with van der Waals surface area (Å²) in [6.45, 7) is 0. The number of aromatic nitrogens is 3. The number of benzene rings is 2. The van der Waals surface area contributed by atoms with Gasteiger partial charge in [-0.3, -0.25) is 9.20 Å². The van der Waals surface area contributed by atoms with Gasteiger partial charge in [-0.1, -0.05) is 42.5 Å². The van der Waals surface area contributed by atoms with Gasteiger partial charge in [0.1, 0.15) is 5.75 Å². The second-order valence-electron chi connectivity index (χ2n) is 6.83. The molecule has 154 valence electrons. The number of imidazole rings is 1. The van der Waals surface area contributed by atoms with Gasteiger partial charge in [-0.25, -0.2) is 9.97 Å². The number of amides is 1. The highest BCUT2D eigenvalue weighted by Crippen LogP contribution is 2.32. The number of anilines is 1. The van der Waals surface area contributed by atoms with Crippen LogP contribution in [-0.4, -0.2) is 27.4 Å². The fourth-order valence-corrected chi connectivity index (χ4v) is 4.94. The molecule has 3 aromatic heterocycles. The smallest absolute Gasteiger partial charge is 0.232 e. The zero-order valence-corrected chi connectivity index (χ0v) is 18.2. The minimum atomic E-state index is -0.115. The first-order valence-electron chi connectivity index (χ1n) is 9.61. The van der Waals surface area contributed by atoms with Gasteiger partial charge in [-0.2, -0.15) is 0 Å². The van der Waals surface area contributed by atoms with Gasteiger partial charge in [-0.15, -0.1) is 22.7 Å². The Morgan fingerprint density at radius 1 is 1.00 bits per heavy atom. The Hall–Kier alpha value is -3.49. The van der Waals surface area contributed by atoms with Crippen LogP contribution in [0.4, 0.5) is 5.13 Å². The summed E-state index contributed by atoms with van der Waals surface area (Å²) in [7, 11) is 1.63. The molecule has 31 heavy (non-hydrogen) atoms. The SMILES string of the molecule is COc1ccccc1-c1csc(NC(=O)Cc2csc3nc(-c4ccccc4)cn23)n1. The van der Waals surface area contributed by atoms with Gasteiger partial charge in [0, 0.05) is 33.8 Å². The molecule has 5 aromatic rings. The minimum Gasteiger partial charge on any atom is -0.496 e. The van der Waals surface area contributed by atoms with Crippen molar-refractivity contribution < 1.29 is 9.53 Å². The molecule has 0 aliphatic rings. The molecule has 0 atom stereocenters. The van der Waals surface area contributed by atoms with Gasteiger partial charge in [0.25, 0.3) is 0 Å². The summed E-state index contributed by atoms with van der Waals surface area (Å²) in [5.74, 6) is 0.635. The van der Waals surface area contributed by atoms with Gasteiger partial charge in [-0.05, 0) is 12.1 Å². The van der Waals surface area contributed by atoms with Crippen molar-refractivity contribution in [1.82, 2.24) is 14.4 Å². The molecule has 0 unspecified atom stereocenters. The van der Waals surface area contributed by atoms with Crippen molar-refractivity contribution in [3.63, 3.8) is 0 Å². The predicted molar refractivity (Wildman–Crippen MR) is 125 cm³/mol. The maximum Gasteiger partial charge on any atom is 0.232 e. The van der Waals surface area contributed by atoms with E-state index in [1.54, 1.807) is 7.11 Å². The van der Waals surface area contributed by atoms with E-state index >= 15 is 0 Å². The lowest BCUT2D eigenvalue weighted by Gasteiger charge is -2.05. The molecular weight excluding hydrogens is 428 g/mol. The lowest BCUT2D eigenvalue weighted by molar-refractivity contribution is -0.115. The maximum absolute atomic E-state index is 12.7. The van der Waals surface area contributed by atoms with Crippen molar-refractivity contribution in [2.24, 2.45) is 0 Å². The Kier molecular flexibility index (Phi) is 5.23. The van der Waals surface area contributed by atoms with E-state index in [-0.39, 0.29) is 12.3 Å². The monoisotopic (exact) mass is 446 g/mol. The van der Waals surface area contributed by atoms with Crippen molar-refractivity contribution in [1.29, 1.82) is 0 Å². The largest absolute Gasteiger partial charge is 0.496 e. The van der Waals surface area contributed by atoms with Gasteiger partial charge in [0.15, 0.2) is 10.1 Å². The van der Waals surface area contributed by atoms with Gasteiger partial charge < -0.3 is 10.1 Å². The quantitative estimate of drug-likeness (QED) is 0.380. The Bertz CT molecular complexity index is 1350. The van der Waals surface area contributed by atoms with E-state index in [2.05, 4.69) is 15.3 Å². The Balaban J connectivity index is 1.32. The molecule has 6 nitrogen and oxygen atoms in total. The van der Waals surface area contributed by atoms with Crippen molar-refractivity contribution in [2.75, 3.05) is 12.4 Å². The zero-order valence-electron chi connectivity index (χ0n) is 16.6. The number of para-hydroxylation sites is 1. The molecule has 0 saturated heterocycles. The number of carbonyl (C=O) groups excluding carboxylic acids is 1. The molecule has 1 N–H and O–H groups in total. The molecule has 5 rings (SSSR count). The van der Waals surface area contributed by atoms with Crippen molar-refractivity contribution in [3.05, 3.63) is 77.2 Å². The van der Waals surface area contributed by atoms with E-state index in [0.29, 0.717) is 5.13 Å². The van der Waals surface area contributed by atoms with Crippen LogP contribution in [0.3, 0.4) is 0 Å². The Labute approximate surface area is 186 Å². The second-order valence-corrected chi connectivity index (χ2v) is 8.53. The van der Waals surface area contributed by atoms with Crippen molar-refractivity contribution in [3.8, 4) is 28.3 Å². The predicted octanol–water partition coefficient (Wildman–Crippen LogP) is 5.38. The summed E-state index contributed by atoms with van der Waals surface area (Å²) < 4.78 is 7.39. The van der Waals surface area contributed by atoms with E-state index in [9.17, 15) is 4.79 Å². The number of fused-ring (bicyclic) bond motifs is 1. The summed E-state index contributed by atoms with van der Waals surface area (Å²) in [6.07, 6.45) is 2.22. The molecule has 0 radical (unpaired) electrons. The van der Waals surface area contributed by atoms with Gasteiger partial charge in [0.2, 0.25) is 5.91 Å². The van der Waals surface area contributed by atoms with Crippen LogP contribution in [-0.2, 0) is 11.2 Å². The van der Waals surface area contributed by atoms with Gasteiger partial charge >= 0.3 is 0 Å². The summed E-state index contributed by atoms with van der Waals surface area (Å²) in [5.41, 5.74) is 4.52. The first-order valence-corrected chi connectivity index (χ1v) is 11.4. The minimum absolute atomic E-state index is 0.115. The first kappa shape index (κ1) is 19.5. The van der Waals surface area contributed by atoms with E-state index < -0.39 is 0 Å². The summed E-state index contributed by atoms with van der Waals surface area (Å²) in [4.78, 5) is 22.8. The normalized spacial score (nSPS) is 11.0. The van der Waals surface area contributed by atoms with Crippen LogP contribution in [0.25, 0.3) is 27.5 Å². The van der Waals surface area contributed by atoms with Crippen LogP contribution in [0.15, 0.2) is 71.6 Å². The fourth-order valence-electron chi connectivity index (χ4n) is 3.34. The van der Waals surface area contributed by atoms with E-state index in [4.69, 9.17) is 4.74 Å². The van der Waals surface area contributed by atoms with Crippen LogP contribution in [0.1, 0.15) is 5.69 Å². The average Bonchev–Trinajstić information content (AvgIpc) is 3.52. The highest BCUT2D eigenvalue weighted by atomic mass is 32.1. The topological polar surface area (TPSA) is 68.5 Å². The third-order valence-corrected chi connectivity index (χ3v) is 6.47. The van der Waals surface area contributed by atoms with Gasteiger partial charge in [0.05, 0.1) is 24.9 Å². The number of thiazole rings is 2. The van der Waals surface area contributed by atoms with Crippen molar-refractivity contribution in [2.45, 2.75) is 6.42 Å². The number of rotatable bonds is 6. The van der Waals surface area contributed by atoms with Crippen LogP contribution >= 0.6 is 22.7 Å². The fraction of sp³-hybridized carbons (Fsp3) is 0.0870.